The number of aromatic hydroxyl groups is 1. The van der Waals surface area contributed by atoms with Gasteiger partial charge in [0, 0.05) is 23.6 Å². The summed E-state index contributed by atoms with van der Waals surface area (Å²) in [5.74, 6) is 0.288. The van der Waals surface area contributed by atoms with E-state index in [2.05, 4.69) is 5.43 Å². The third-order valence-electron chi connectivity index (χ3n) is 1.51. The number of hydrogen-bond donors (Lipinski definition) is 2. The van der Waals surface area contributed by atoms with Crippen molar-refractivity contribution in [2.24, 2.45) is 0 Å². The van der Waals surface area contributed by atoms with Crippen LogP contribution >= 0.6 is 11.9 Å². The number of rotatable bonds is 1. The molecule has 0 saturated heterocycles. The molecule has 1 aliphatic rings. The normalized spacial score (nSPS) is 14.8. The second-order valence-electron chi connectivity index (χ2n) is 2.35. The van der Waals surface area contributed by atoms with Crippen LogP contribution in [0.1, 0.15) is 0 Å². The Bertz CT molecular complexity index is 288. The zero-order valence-corrected chi connectivity index (χ0v) is 7.08. The molecule has 12 heavy (non-hydrogen) atoms. The first-order chi connectivity index (χ1) is 5.86. The Balaban J connectivity index is 2.18. The van der Waals surface area contributed by atoms with Crippen LogP contribution in [0.5, 0.6) is 5.75 Å². The SMILES string of the molecule is Oc1ccc(N2NC=CS2)cc1. The van der Waals surface area contributed by atoms with Crippen LogP contribution in [0.2, 0.25) is 0 Å². The second-order valence-corrected chi connectivity index (χ2v) is 3.20. The maximum Gasteiger partial charge on any atom is 0.115 e. The molecule has 0 fully saturated rings. The molecule has 2 N–H and O–H groups in total. The van der Waals surface area contributed by atoms with Crippen LogP contribution in [-0.2, 0) is 0 Å². The van der Waals surface area contributed by atoms with Crippen molar-refractivity contribution < 1.29 is 5.11 Å². The first-order valence-electron chi connectivity index (χ1n) is 3.53. The molecular formula is C8H8N2OS. The van der Waals surface area contributed by atoms with Gasteiger partial charge in [-0.2, -0.15) is 0 Å². The zero-order valence-electron chi connectivity index (χ0n) is 6.27. The molecule has 0 aliphatic carbocycles. The van der Waals surface area contributed by atoms with Gasteiger partial charge in [0.15, 0.2) is 0 Å². The van der Waals surface area contributed by atoms with Crippen molar-refractivity contribution >= 4 is 17.6 Å². The van der Waals surface area contributed by atoms with Gasteiger partial charge in [0.1, 0.15) is 5.75 Å². The van der Waals surface area contributed by atoms with E-state index in [9.17, 15) is 0 Å². The fourth-order valence-electron chi connectivity index (χ4n) is 0.943. The molecular weight excluding hydrogens is 172 g/mol. The van der Waals surface area contributed by atoms with Gasteiger partial charge in [0.25, 0.3) is 0 Å². The molecule has 0 saturated carbocycles. The fraction of sp³-hybridized carbons (Fsp3) is 0. The van der Waals surface area contributed by atoms with E-state index in [-0.39, 0.29) is 5.75 Å². The molecule has 1 heterocycles. The van der Waals surface area contributed by atoms with Crippen molar-refractivity contribution in [3.8, 4) is 5.75 Å². The van der Waals surface area contributed by atoms with Crippen LogP contribution in [0.3, 0.4) is 0 Å². The number of anilines is 1. The molecule has 1 aromatic rings. The van der Waals surface area contributed by atoms with Crippen LogP contribution in [0, 0.1) is 0 Å². The highest BCUT2D eigenvalue weighted by atomic mass is 32.2. The number of nitrogens with one attached hydrogen (secondary N) is 1. The highest BCUT2D eigenvalue weighted by Crippen LogP contribution is 2.25. The summed E-state index contributed by atoms with van der Waals surface area (Å²) >= 11 is 1.56. The summed E-state index contributed by atoms with van der Waals surface area (Å²) in [7, 11) is 0. The van der Waals surface area contributed by atoms with E-state index in [1.165, 1.54) is 0 Å². The van der Waals surface area contributed by atoms with Crippen molar-refractivity contribution in [3.05, 3.63) is 35.9 Å². The van der Waals surface area contributed by atoms with Gasteiger partial charge in [-0.15, -0.1) is 0 Å². The number of benzene rings is 1. The number of phenols is 1. The van der Waals surface area contributed by atoms with Gasteiger partial charge in [-0.25, -0.2) is 4.41 Å². The monoisotopic (exact) mass is 180 g/mol. The summed E-state index contributed by atoms with van der Waals surface area (Å²) in [6, 6.07) is 7.02. The predicted molar refractivity (Wildman–Crippen MR) is 50.5 cm³/mol. The second kappa shape index (κ2) is 2.98. The minimum Gasteiger partial charge on any atom is -0.508 e. The summed E-state index contributed by atoms with van der Waals surface area (Å²) < 4.78 is 1.90. The van der Waals surface area contributed by atoms with E-state index in [0.29, 0.717) is 0 Å². The Hall–Kier alpha value is -1.29. The lowest BCUT2D eigenvalue weighted by molar-refractivity contribution is 0.475. The average Bonchev–Trinajstić information content (AvgIpc) is 2.58. The Morgan fingerprint density at radius 2 is 2.00 bits per heavy atom. The van der Waals surface area contributed by atoms with E-state index in [4.69, 9.17) is 5.11 Å². The Kier molecular flexibility index (Phi) is 1.83. The lowest BCUT2D eigenvalue weighted by atomic mass is 10.3. The van der Waals surface area contributed by atoms with Crippen molar-refractivity contribution in [3.63, 3.8) is 0 Å². The van der Waals surface area contributed by atoms with E-state index in [1.807, 2.05) is 28.2 Å². The molecule has 0 bridgehead atoms. The number of phenolic OH excluding ortho intramolecular Hbond substituents is 1. The molecule has 0 amide bonds. The van der Waals surface area contributed by atoms with Crippen molar-refractivity contribution in [1.82, 2.24) is 5.43 Å². The smallest absolute Gasteiger partial charge is 0.115 e. The van der Waals surface area contributed by atoms with Crippen LogP contribution in [0.4, 0.5) is 5.69 Å². The summed E-state index contributed by atoms with van der Waals surface area (Å²) in [5.41, 5.74) is 4.04. The van der Waals surface area contributed by atoms with Gasteiger partial charge in [-0.05, 0) is 24.3 Å². The van der Waals surface area contributed by atoms with Gasteiger partial charge in [0.2, 0.25) is 0 Å². The summed E-state index contributed by atoms with van der Waals surface area (Å²) in [4.78, 5) is 0. The zero-order chi connectivity index (χ0) is 8.39. The Morgan fingerprint density at radius 1 is 1.25 bits per heavy atom. The van der Waals surface area contributed by atoms with Gasteiger partial charge in [-0.3, -0.25) is 5.43 Å². The maximum absolute atomic E-state index is 9.04. The number of hydrazine groups is 1. The molecule has 0 unspecified atom stereocenters. The number of hydrogen-bond acceptors (Lipinski definition) is 4. The topological polar surface area (TPSA) is 35.5 Å². The Morgan fingerprint density at radius 3 is 2.58 bits per heavy atom. The fourth-order valence-corrected chi connectivity index (χ4v) is 1.55. The number of nitrogens with zero attached hydrogens (tertiary/aromatic N) is 1. The van der Waals surface area contributed by atoms with Crippen LogP contribution in [0.15, 0.2) is 35.9 Å². The highest BCUT2D eigenvalue weighted by Gasteiger charge is 2.06. The third kappa shape index (κ3) is 1.33. The van der Waals surface area contributed by atoms with Crippen molar-refractivity contribution in [2.45, 2.75) is 0 Å². The molecule has 62 valence electrons. The summed E-state index contributed by atoms with van der Waals surface area (Å²) in [6.45, 7) is 0. The predicted octanol–water partition coefficient (Wildman–Crippen LogP) is 1.84. The van der Waals surface area contributed by atoms with Crippen molar-refractivity contribution in [2.75, 3.05) is 4.41 Å². The lowest BCUT2D eigenvalue weighted by Crippen LogP contribution is -2.22. The largest absolute Gasteiger partial charge is 0.508 e. The minimum atomic E-state index is 0.288. The molecule has 1 aliphatic heterocycles. The first-order valence-corrected chi connectivity index (χ1v) is 4.37. The van der Waals surface area contributed by atoms with E-state index >= 15 is 0 Å². The van der Waals surface area contributed by atoms with Gasteiger partial charge in [0.05, 0.1) is 5.69 Å². The van der Waals surface area contributed by atoms with E-state index in [1.54, 1.807) is 24.1 Å². The first kappa shape index (κ1) is 7.36. The average molecular weight is 180 g/mol. The molecule has 4 heteroatoms. The van der Waals surface area contributed by atoms with Crippen LogP contribution in [0.25, 0.3) is 0 Å². The molecule has 0 radical (unpaired) electrons. The molecule has 0 atom stereocenters. The highest BCUT2D eigenvalue weighted by molar-refractivity contribution is 8.03. The van der Waals surface area contributed by atoms with Crippen LogP contribution < -0.4 is 9.84 Å². The summed E-state index contributed by atoms with van der Waals surface area (Å²) in [6.07, 6.45) is 1.86. The minimum absolute atomic E-state index is 0.288. The van der Waals surface area contributed by atoms with Gasteiger partial charge in [-0.1, -0.05) is 0 Å². The standard InChI is InChI=1S/C8H8N2OS/c11-8-3-1-7(2-4-8)10-9-5-6-12-10/h1-6,9,11H. The van der Waals surface area contributed by atoms with Crippen LogP contribution in [-0.4, -0.2) is 5.11 Å². The molecule has 3 nitrogen and oxygen atoms in total. The summed E-state index contributed by atoms with van der Waals surface area (Å²) in [5, 5.41) is 11.0. The van der Waals surface area contributed by atoms with Gasteiger partial charge >= 0.3 is 0 Å². The molecule has 0 spiro atoms. The molecule has 0 aromatic heterocycles. The lowest BCUT2D eigenvalue weighted by Gasteiger charge is -2.15. The van der Waals surface area contributed by atoms with Gasteiger partial charge < -0.3 is 5.11 Å². The quantitative estimate of drug-likeness (QED) is 0.646. The van der Waals surface area contributed by atoms with E-state index in [0.717, 1.165) is 5.69 Å². The third-order valence-corrected chi connectivity index (χ3v) is 2.30. The molecule has 2 rings (SSSR count). The van der Waals surface area contributed by atoms with Crippen molar-refractivity contribution in [1.29, 1.82) is 0 Å². The Labute approximate surface area is 74.8 Å². The molecule has 1 aromatic carbocycles. The van der Waals surface area contributed by atoms with E-state index < -0.39 is 0 Å². The maximum atomic E-state index is 9.04.